The van der Waals surface area contributed by atoms with Crippen molar-refractivity contribution >= 4 is 0 Å². The SMILES string of the molecule is CCNC(Cc1ccn(C)n1)c1cn(C)cn1. The van der Waals surface area contributed by atoms with Crippen LogP contribution in [0.2, 0.25) is 0 Å². The third kappa shape index (κ3) is 2.94. The van der Waals surface area contributed by atoms with Crippen LogP contribution in [0.25, 0.3) is 0 Å². The Morgan fingerprint density at radius 3 is 2.76 bits per heavy atom. The maximum absolute atomic E-state index is 4.41. The first-order valence-corrected chi connectivity index (χ1v) is 5.88. The molecule has 0 fully saturated rings. The lowest BCUT2D eigenvalue weighted by atomic mass is 10.1. The summed E-state index contributed by atoms with van der Waals surface area (Å²) in [6, 6.07) is 2.28. The van der Waals surface area contributed by atoms with Gasteiger partial charge in [0.15, 0.2) is 0 Å². The van der Waals surface area contributed by atoms with Gasteiger partial charge in [-0.25, -0.2) is 4.98 Å². The Hall–Kier alpha value is -1.62. The number of aryl methyl sites for hydroxylation is 2. The average molecular weight is 233 g/mol. The highest BCUT2D eigenvalue weighted by molar-refractivity contribution is 5.10. The van der Waals surface area contributed by atoms with Gasteiger partial charge in [0, 0.05) is 32.9 Å². The van der Waals surface area contributed by atoms with E-state index in [1.165, 1.54) is 0 Å². The molecule has 1 atom stereocenters. The minimum atomic E-state index is 0.233. The van der Waals surface area contributed by atoms with Crippen molar-refractivity contribution < 1.29 is 0 Å². The van der Waals surface area contributed by atoms with E-state index in [1.807, 2.05) is 41.9 Å². The topological polar surface area (TPSA) is 47.7 Å². The Morgan fingerprint density at radius 1 is 1.41 bits per heavy atom. The van der Waals surface area contributed by atoms with Crippen LogP contribution in [0.4, 0.5) is 0 Å². The zero-order valence-electron chi connectivity index (χ0n) is 10.6. The Balaban J connectivity index is 2.12. The molecular formula is C12H19N5. The first-order chi connectivity index (χ1) is 8.19. The lowest BCUT2D eigenvalue weighted by Gasteiger charge is -2.14. The van der Waals surface area contributed by atoms with Gasteiger partial charge in [-0.1, -0.05) is 6.92 Å². The van der Waals surface area contributed by atoms with Crippen LogP contribution in [0.3, 0.4) is 0 Å². The Kier molecular flexibility index (Phi) is 3.58. The van der Waals surface area contributed by atoms with Crippen molar-refractivity contribution in [3.8, 4) is 0 Å². The molecule has 0 bridgehead atoms. The fourth-order valence-corrected chi connectivity index (χ4v) is 1.92. The summed E-state index contributed by atoms with van der Waals surface area (Å²) in [6.45, 7) is 3.03. The van der Waals surface area contributed by atoms with Crippen molar-refractivity contribution in [3.63, 3.8) is 0 Å². The van der Waals surface area contributed by atoms with Crippen LogP contribution in [-0.4, -0.2) is 25.9 Å². The molecule has 0 aliphatic rings. The fourth-order valence-electron chi connectivity index (χ4n) is 1.92. The lowest BCUT2D eigenvalue weighted by molar-refractivity contribution is 0.529. The molecular weight excluding hydrogens is 214 g/mol. The highest BCUT2D eigenvalue weighted by Crippen LogP contribution is 2.15. The second-order valence-electron chi connectivity index (χ2n) is 4.26. The van der Waals surface area contributed by atoms with Crippen LogP contribution < -0.4 is 5.32 Å². The minimum absolute atomic E-state index is 0.233. The summed E-state index contributed by atoms with van der Waals surface area (Å²) in [6.07, 6.45) is 6.72. The van der Waals surface area contributed by atoms with Crippen molar-refractivity contribution in [2.24, 2.45) is 14.1 Å². The minimum Gasteiger partial charge on any atom is -0.340 e. The summed E-state index contributed by atoms with van der Waals surface area (Å²) in [4.78, 5) is 4.40. The van der Waals surface area contributed by atoms with Gasteiger partial charge in [0.05, 0.1) is 23.8 Å². The smallest absolute Gasteiger partial charge is 0.0947 e. The zero-order valence-corrected chi connectivity index (χ0v) is 10.6. The van der Waals surface area contributed by atoms with E-state index in [4.69, 9.17) is 0 Å². The van der Waals surface area contributed by atoms with Gasteiger partial charge in [0.2, 0.25) is 0 Å². The third-order valence-corrected chi connectivity index (χ3v) is 2.71. The molecule has 5 heteroatoms. The first kappa shape index (κ1) is 11.9. The first-order valence-electron chi connectivity index (χ1n) is 5.88. The van der Waals surface area contributed by atoms with E-state index in [2.05, 4.69) is 28.5 Å². The second-order valence-corrected chi connectivity index (χ2v) is 4.26. The molecule has 0 amide bonds. The molecule has 2 aromatic heterocycles. The summed E-state index contributed by atoms with van der Waals surface area (Å²) in [5.74, 6) is 0. The van der Waals surface area contributed by atoms with Gasteiger partial charge in [0.1, 0.15) is 0 Å². The normalized spacial score (nSPS) is 12.9. The van der Waals surface area contributed by atoms with Crippen molar-refractivity contribution in [1.29, 1.82) is 0 Å². The van der Waals surface area contributed by atoms with E-state index in [1.54, 1.807) is 0 Å². The number of hydrogen-bond donors (Lipinski definition) is 1. The summed E-state index contributed by atoms with van der Waals surface area (Å²) in [7, 11) is 3.92. The molecule has 17 heavy (non-hydrogen) atoms. The van der Waals surface area contributed by atoms with Gasteiger partial charge < -0.3 is 9.88 Å². The number of imidazole rings is 1. The van der Waals surface area contributed by atoms with Gasteiger partial charge in [-0.3, -0.25) is 4.68 Å². The monoisotopic (exact) mass is 233 g/mol. The summed E-state index contributed by atoms with van der Waals surface area (Å²) in [5, 5.41) is 7.85. The van der Waals surface area contributed by atoms with Gasteiger partial charge in [-0.2, -0.15) is 5.10 Å². The number of hydrogen-bond acceptors (Lipinski definition) is 3. The molecule has 0 aliphatic carbocycles. The number of nitrogens with zero attached hydrogens (tertiary/aromatic N) is 4. The summed E-state index contributed by atoms with van der Waals surface area (Å²) < 4.78 is 3.80. The summed E-state index contributed by atoms with van der Waals surface area (Å²) in [5.41, 5.74) is 2.16. The molecule has 0 aromatic carbocycles. The third-order valence-electron chi connectivity index (χ3n) is 2.71. The van der Waals surface area contributed by atoms with E-state index in [0.29, 0.717) is 0 Å². The van der Waals surface area contributed by atoms with Crippen LogP contribution in [-0.2, 0) is 20.5 Å². The molecule has 1 N–H and O–H groups in total. The van der Waals surface area contributed by atoms with E-state index < -0.39 is 0 Å². The quantitative estimate of drug-likeness (QED) is 0.839. The van der Waals surface area contributed by atoms with Gasteiger partial charge >= 0.3 is 0 Å². The van der Waals surface area contributed by atoms with E-state index in [0.717, 1.165) is 24.4 Å². The Labute approximate surface area is 101 Å². The predicted octanol–water partition coefficient (Wildman–Crippen LogP) is 1.05. The van der Waals surface area contributed by atoms with Crippen molar-refractivity contribution in [2.75, 3.05) is 6.54 Å². The van der Waals surface area contributed by atoms with E-state index in [9.17, 15) is 0 Å². The molecule has 2 aromatic rings. The molecule has 92 valence electrons. The van der Waals surface area contributed by atoms with Gasteiger partial charge in [-0.05, 0) is 12.6 Å². The molecule has 1 unspecified atom stereocenters. The molecule has 2 heterocycles. The van der Waals surface area contributed by atoms with Crippen LogP contribution in [0.15, 0.2) is 24.8 Å². The lowest BCUT2D eigenvalue weighted by Crippen LogP contribution is -2.23. The maximum Gasteiger partial charge on any atom is 0.0947 e. The van der Waals surface area contributed by atoms with E-state index >= 15 is 0 Å². The van der Waals surface area contributed by atoms with Gasteiger partial charge in [-0.15, -0.1) is 0 Å². The van der Waals surface area contributed by atoms with Crippen molar-refractivity contribution in [2.45, 2.75) is 19.4 Å². The Morgan fingerprint density at radius 2 is 2.24 bits per heavy atom. The highest BCUT2D eigenvalue weighted by atomic mass is 15.2. The van der Waals surface area contributed by atoms with Crippen LogP contribution in [0, 0.1) is 0 Å². The highest BCUT2D eigenvalue weighted by Gasteiger charge is 2.14. The summed E-state index contributed by atoms with van der Waals surface area (Å²) >= 11 is 0. The molecule has 0 saturated carbocycles. The predicted molar refractivity (Wildman–Crippen MR) is 66.5 cm³/mol. The largest absolute Gasteiger partial charge is 0.340 e. The molecule has 5 nitrogen and oxygen atoms in total. The standard InChI is InChI=1S/C12H19N5/c1-4-13-11(12-8-16(2)9-14-12)7-10-5-6-17(3)15-10/h5-6,8-9,11,13H,4,7H2,1-3H3. The van der Waals surface area contributed by atoms with Gasteiger partial charge in [0.25, 0.3) is 0 Å². The van der Waals surface area contributed by atoms with Crippen LogP contribution in [0.1, 0.15) is 24.4 Å². The van der Waals surface area contributed by atoms with Crippen molar-refractivity contribution in [1.82, 2.24) is 24.6 Å². The number of rotatable bonds is 5. The van der Waals surface area contributed by atoms with Crippen LogP contribution in [0.5, 0.6) is 0 Å². The number of aromatic nitrogens is 4. The molecule has 0 radical (unpaired) electrons. The molecule has 0 aliphatic heterocycles. The van der Waals surface area contributed by atoms with Crippen LogP contribution >= 0.6 is 0 Å². The fraction of sp³-hybridized carbons (Fsp3) is 0.500. The van der Waals surface area contributed by atoms with Crippen molar-refractivity contribution in [3.05, 3.63) is 36.2 Å². The second kappa shape index (κ2) is 5.14. The number of nitrogens with one attached hydrogen (secondary N) is 1. The molecule has 0 spiro atoms. The average Bonchev–Trinajstić information content (AvgIpc) is 2.87. The maximum atomic E-state index is 4.41. The van der Waals surface area contributed by atoms with E-state index in [-0.39, 0.29) is 6.04 Å². The Bertz CT molecular complexity index is 471. The molecule has 0 saturated heterocycles. The zero-order chi connectivity index (χ0) is 12.3. The number of likely N-dealkylation sites (N-methyl/N-ethyl adjacent to an activating group) is 1. The molecule has 2 rings (SSSR count).